The molecule has 26 heavy (non-hydrogen) atoms. The second-order valence-corrected chi connectivity index (χ2v) is 5.84. The molecule has 0 radical (unpaired) electrons. The van der Waals surface area contributed by atoms with Crippen molar-refractivity contribution in [1.29, 1.82) is 0 Å². The molecule has 6 nitrogen and oxygen atoms in total. The summed E-state index contributed by atoms with van der Waals surface area (Å²) >= 11 is 0. The van der Waals surface area contributed by atoms with Crippen molar-refractivity contribution < 1.29 is 19.1 Å². The first-order valence-electron chi connectivity index (χ1n) is 8.48. The minimum atomic E-state index is -0.619. The summed E-state index contributed by atoms with van der Waals surface area (Å²) in [7, 11) is 1.36. The molecule has 2 aromatic carbocycles. The van der Waals surface area contributed by atoms with Crippen molar-refractivity contribution in [2.24, 2.45) is 5.73 Å². The Hall–Kier alpha value is -2.86. The first kappa shape index (κ1) is 19.5. The van der Waals surface area contributed by atoms with Crippen molar-refractivity contribution in [1.82, 2.24) is 0 Å². The molecule has 0 spiro atoms. The molecular weight excluding hydrogens is 332 g/mol. The molecule has 2 rings (SSSR count). The zero-order valence-electron chi connectivity index (χ0n) is 14.8. The monoisotopic (exact) mass is 356 g/mol. The van der Waals surface area contributed by atoms with Gasteiger partial charge >= 0.3 is 5.97 Å². The number of hydrogen-bond donors (Lipinski definition) is 2. The van der Waals surface area contributed by atoms with Gasteiger partial charge in [0.15, 0.2) is 0 Å². The maximum atomic E-state index is 12.2. The summed E-state index contributed by atoms with van der Waals surface area (Å²) in [5.41, 5.74) is 7.64. The summed E-state index contributed by atoms with van der Waals surface area (Å²) in [6, 6.07) is 16.1. The Morgan fingerprint density at radius 3 is 2.42 bits per heavy atom. The maximum Gasteiger partial charge on any atom is 0.305 e. The van der Waals surface area contributed by atoms with Crippen LogP contribution < -0.4 is 15.8 Å². The number of esters is 1. The number of anilines is 1. The van der Waals surface area contributed by atoms with Crippen LogP contribution in [0.3, 0.4) is 0 Å². The highest BCUT2D eigenvalue weighted by molar-refractivity contribution is 5.94. The van der Waals surface area contributed by atoms with Crippen LogP contribution in [-0.2, 0) is 20.7 Å². The van der Waals surface area contributed by atoms with E-state index in [0.717, 1.165) is 5.56 Å². The van der Waals surface area contributed by atoms with E-state index in [1.165, 1.54) is 7.11 Å². The van der Waals surface area contributed by atoms with Crippen LogP contribution in [0.5, 0.6) is 5.75 Å². The molecule has 1 atom stereocenters. The van der Waals surface area contributed by atoms with Gasteiger partial charge in [-0.2, -0.15) is 0 Å². The van der Waals surface area contributed by atoms with Gasteiger partial charge < -0.3 is 20.5 Å². The van der Waals surface area contributed by atoms with Crippen LogP contribution in [0.4, 0.5) is 5.69 Å². The Morgan fingerprint density at radius 1 is 1.08 bits per heavy atom. The molecule has 0 heterocycles. The van der Waals surface area contributed by atoms with Gasteiger partial charge in [-0.05, 0) is 42.7 Å². The van der Waals surface area contributed by atoms with Gasteiger partial charge in [0.2, 0.25) is 5.91 Å². The molecule has 3 N–H and O–H groups in total. The predicted octanol–water partition coefficient (Wildman–Crippen LogP) is 2.53. The van der Waals surface area contributed by atoms with Crippen LogP contribution in [-0.4, -0.2) is 31.6 Å². The zero-order chi connectivity index (χ0) is 18.8. The van der Waals surface area contributed by atoms with Gasteiger partial charge in [0, 0.05) is 12.1 Å². The third-order valence-corrected chi connectivity index (χ3v) is 3.78. The van der Waals surface area contributed by atoms with E-state index in [2.05, 4.69) is 10.1 Å². The van der Waals surface area contributed by atoms with Crippen LogP contribution in [0.1, 0.15) is 18.4 Å². The molecule has 6 heteroatoms. The standard InChI is InChI=1S/C20H24N2O4/c1-25-19(23)8-5-13-26-17-11-9-16(10-12-17)22-20(24)18(21)14-15-6-3-2-4-7-15/h2-4,6-7,9-12,18H,5,8,13-14,21H2,1H3,(H,22,24)/t18-/m0/s1. The van der Waals surface area contributed by atoms with Crippen molar-refractivity contribution >= 4 is 17.6 Å². The summed E-state index contributed by atoms with van der Waals surface area (Å²) in [5.74, 6) is 0.181. The minimum Gasteiger partial charge on any atom is -0.494 e. The van der Waals surface area contributed by atoms with Gasteiger partial charge in [-0.15, -0.1) is 0 Å². The van der Waals surface area contributed by atoms with E-state index in [1.54, 1.807) is 24.3 Å². The highest BCUT2D eigenvalue weighted by atomic mass is 16.5. The van der Waals surface area contributed by atoms with Crippen molar-refractivity contribution in [2.45, 2.75) is 25.3 Å². The number of hydrogen-bond acceptors (Lipinski definition) is 5. The Morgan fingerprint density at radius 2 is 1.77 bits per heavy atom. The van der Waals surface area contributed by atoms with E-state index in [-0.39, 0.29) is 11.9 Å². The fraction of sp³-hybridized carbons (Fsp3) is 0.300. The highest BCUT2D eigenvalue weighted by Crippen LogP contribution is 2.16. The third-order valence-electron chi connectivity index (χ3n) is 3.78. The Labute approximate surface area is 153 Å². The quantitative estimate of drug-likeness (QED) is 0.532. The van der Waals surface area contributed by atoms with Crippen LogP contribution in [0.25, 0.3) is 0 Å². The molecule has 2 aromatic rings. The number of benzene rings is 2. The smallest absolute Gasteiger partial charge is 0.305 e. The summed E-state index contributed by atoms with van der Waals surface area (Å²) in [5, 5.41) is 2.80. The number of ether oxygens (including phenoxy) is 2. The molecular formula is C20H24N2O4. The van der Waals surface area contributed by atoms with E-state index >= 15 is 0 Å². The molecule has 0 aliphatic heterocycles. The van der Waals surface area contributed by atoms with Gasteiger partial charge in [-0.1, -0.05) is 30.3 Å². The van der Waals surface area contributed by atoms with E-state index in [9.17, 15) is 9.59 Å². The number of methoxy groups -OCH3 is 1. The molecule has 0 aliphatic rings. The normalized spacial score (nSPS) is 11.5. The minimum absolute atomic E-state index is 0.236. The lowest BCUT2D eigenvalue weighted by atomic mass is 10.1. The maximum absolute atomic E-state index is 12.2. The zero-order valence-corrected chi connectivity index (χ0v) is 14.8. The lowest BCUT2D eigenvalue weighted by Gasteiger charge is -2.13. The first-order valence-corrected chi connectivity index (χ1v) is 8.48. The lowest BCUT2D eigenvalue weighted by Crippen LogP contribution is -2.37. The average molecular weight is 356 g/mol. The molecule has 0 bridgehead atoms. The SMILES string of the molecule is COC(=O)CCCOc1ccc(NC(=O)[C@@H](N)Cc2ccccc2)cc1. The van der Waals surface area contributed by atoms with E-state index in [0.29, 0.717) is 37.3 Å². The molecule has 0 saturated carbocycles. The van der Waals surface area contributed by atoms with Crippen molar-refractivity contribution in [3.63, 3.8) is 0 Å². The largest absolute Gasteiger partial charge is 0.494 e. The number of carbonyl (C=O) groups excluding carboxylic acids is 2. The molecule has 0 unspecified atom stereocenters. The summed E-state index contributed by atoms with van der Waals surface area (Å²) in [4.78, 5) is 23.2. The molecule has 0 aromatic heterocycles. The number of rotatable bonds is 9. The average Bonchev–Trinajstić information content (AvgIpc) is 2.67. The summed E-state index contributed by atoms with van der Waals surface area (Å²) in [6.45, 7) is 0.419. The molecule has 0 saturated heterocycles. The Kier molecular flexibility index (Phi) is 7.64. The Bertz CT molecular complexity index is 702. The number of amides is 1. The van der Waals surface area contributed by atoms with Crippen LogP contribution >= 0.6 is 0 Å². The van der Waals surface area contributed by atoms with Crippen molar-refractivity contribution in [2.75, 3.05) is 19.0 Å². The summed E-state index contributed by atoms with van der Waals surface area (Å²) < 4.78 is 10.1. The summed E-state index contributed by atoms with van der Waals surface area (Å²) in [6.07, 6.45) is 1.39. The first-order chi connectivity index (χ1) is 12.6. The lowest BCUT2D eigenvalue weighted by molar-refractivity contribution is -0.140. The second-order valence-electron chi connectivity index (χ2n) is 5.84. The predicted molar refractivity (Wildman–Crippen MR) is 99.9 cm³/mol. The van der Waals surface area contributed by atoms with Gasteiger partial charge in [0.05, 0.1) is 19.8 Å². The molecule has 138 valence electrons. The molecule has 0 aliphatic carbocycles. The highest BCUT2D eigenvalue weighted by Gasteiger charge is 2.14. The van der Waals surface area contributed by atoms with Crippen LogP contribution in [0.15, 0.2) is 54.6 Å². The van der Waals surface area contributed by atoms with Crippen LogP contribution in [0, 0.1) is 0 Å². The number of nitrogens with one attached hydrogen (secondary N) is 1. The van der Waals surface area contributed by atoms with E-state index in [1.807, 2.05) is 30.3 Å². The fourth-order valence-electron chi connectivity index (χ4n) is 2.34. The molecule has 0 fully saturated rings. The van der Waals surface area contributed by atoms with Crippen molar-refractivity contribution in [3.05, 3.63) is 60.2 Å². The van der Waals surface area contributed by atoms with Gasteiger partial charge in [0.1, 0.15) is 5.75 Å². The number of carbonyl (C=O) groups is 2. The second kappa shape index (κ2) is 10.2. The molecule has 1 amide bonds. The van der Waals surface area contributed by atoms with Gasteiger partial charge in [-0.25, -0.2) is 0 Å². The van der Waals surface area contributed by atoms with E-state index in [4.69, 9.17) is 10.5 Å². The van der Waals surface area contributed by atoms with E-state index < -0.39 is 6.04 Å². The van der Waals surface area contributed by atoms with Crippen molar-refractivity contribution in [3.8, 4) is 5.75 Å². The fourth-order valence-corrected chi connectivity index (χ4v) is 2.34. The number of nitrogens with two attached hydrogens (primary N) is 1. The Balaban J connectivity index is 1.77. The topological polar surface area (TPSA) is 90.6 Å². The van der Waals surface area contributed by atoms with Crippen LogP contribution in [0.2, 0.25) is 0 Å². The van der Waals surface area contributed by atoms with Gasteiger partial charge in [-0.3, -0.25) is 9.59 Å². The van der Waals surface area contributed by atoms with Gasteiger partial charge in [0.25, 0.3) is 0 Å². The third kappa shape index (κ3) is 6.57.